The Labute approximate surface area is 164 Å². The van der Waals surface area contributed by atoms with Crippen LogP contribution in [-0.4, -0.2) is 54.4 Å². The van der Waals surface area contributed by atoms with E-state index >= 15 is 0 Å². The molecule has 1 aromatic heterocycles. The lowest BCUT2D eigenvalue weighted by atomic mass is 10.2. The predicted octanol–water partition coefficient (Wildman–Crippen LogP) is 2.07. The largest absolute Gasteiger partial charge is 0.511 e. The predicted molar refractivity (Wildman–Crippen MR) is 92.0 cm³/mol. The van der Waals surface area contributed by atoms with Crippen LogP contribution in [0.3, 0.4) is 0 Å². The minimum Gasteiger partial charge on any atom is -0.490 e. The smallest absolute Gasteiger partial charge is 0.490 e. The van der Waals surface area contributed by atoms with Gasteiger partial charge in [-0.2, -0.15) is 22.7 Å². The molecule has 0 aliphatic heterocycles. The van der Waals surface area contributed by atoms with Gasteiger partial charge in [0.1, 0.15) is 23.0 Å². The summed E-state index contributed by atoms with van der Waals surface area (Å²) in [6, 6.07) is 2.04. The lowest BCUT2D eigenvalue weighted by Gasteiger charge is -2.25. The van der Waals surface area contributed by atoms with Crippen LogP contribution in [0.5, 0.6) is 5.75 Å². The average molecular weight is 441 g/mol. The van der Waals surface area contributed by atoms with Gasteiger partial charge in [0.15, 0.2) is 0 Å². The zero-order valence-corrected chi connectivity index (χ0v) is 16.3. The van der Waals surface area contributed by atoms with E-state index in [2.05, 4.69) is 10.3 Å². The number of likely N-dealkylation sites (N-methyl/N-ethyl adjacent to an activating group) is 1. The number of carbonyl (C=O) groups is 1. The highest BCUT2D eigenvalue weighted by molar-refractivity contribution is 7.90. The number of hydrogen-bond donors (Lipinski definition) is 1. The van der Waals surface area contributed by atoms with Gasteiger partial charge in [0.2, 0.25) is 0 Å². The summed E-state index contributed by atoms with van der Waals surface area (Å²) in [5.74, 6) is -0.646. The summed E-state index contributed by atoms with van der Waals surface area (Å²) in [5.41, 5.74) is -6.44. The normalized spacial score (nSPS) is 16.9. The fourth-order valence-corrected chi connectivity index (χ4v) is 3.11. The summed E-state index contributed by atoms with van der Waals surface area (Å²) in [6.45, 7) is 0.794. The summed E-state index contributed by atoms with van der Waals surface area (Å²) in [6.07, 6.45) is 2.16. The van der Waals surface area contributed by atoms with Gasteiger partial charge in [-0.15, -0.1) is 0 Å². The lowest BCUT2D eigenvalue weighted by molar-refractivity contribution is -0.0494. The summed E-state index contributed by atoms with van der Waals surface area (Å²) in [5, 5.41) is 11.4. The molecule has 0 radical (unpaired) electrons. The molecule has 154 valence electrons. The Morgan fingerprint density at radius 2 is 2.14 bits per heavy atom. The van der Waals surface area contributed by atoms with Crippen LogP contribution in [0, 0.1) is 11.3 Å². The van der Waals surface area contributed by atoms with Gasteiger partial charge in [-0.3, -0.25) is 4.79 Å². The summed E-state index contributed by atoms with van der Waals surface area (Å²) < 4.78 is 66.0. The van der Waals surface area contributed by atoms with Crippen LogP contribution in [0.2, 0.25) is 5.15 Å². The van der Waals surface area contributed by atoms with Gasteiger partial charge < -0.3 is 10.1 Å². The molecule has 1 N–H and O–H groups in total. The van der Waals surface area contributed by atoms with E-state index in [1.54, 1.807) is 0 Å². The number of amides is 1. The van der Waals surface area contributed by atoms with E-state index in [4.69, 9.17) is 21.6 Å². The molecule has 1 atom stereocenters. The molecule has 0 saturated heterocycles. The van der Waals surface area contributed by atoms with Crippen LogP contribution < -0.4 is 10.1 Å². The summed E-state index contributed by atoms with van der Waals surface area (Å²) >= 11 is 5.88. The van der Waals surface area contributed by atoms with Crippen molar-refractivity contribution in [2.24, 2.45) is 0 Å². The van der Waals surface area contributed by atoms with Gasteiger partial charge in [0, 0.05) is 7.05 Å². The number of nitriles is 1. The van der Waals surface area contributed by atoms with Gasteiger partial charge >= 0.3 is 15.5 Å². The van der Waals surface area contributed by atoms with Gasteiger partial charge in [-0.05, 0) is 25.8 Å². The zero-order valence-electron chi connectivity index (χ0n) is 14.7. The van der Waals surface area contributed by atoms with Crippen molar-refractivity contribution in [2.75, 3.05) is 13.7 Å². The number of alkyl halides is 3. The second kappa shape index (κ2) is 7.73. The number of nitrogens with zero attached hydrogens (tertiary/aromatic N) is 3. The quantitative estimate of drug-likeness (QED) is 0.649. The molecule has 0 spiro atoms. The Morgan fingerprint density at radius 1 is 1.54 bits per heavy atom. The number of pyridine rings is 1. The van der Waals surface area contributed by atoms with Gasteiger partial charge in [0.05, 0.1) is 23.9 Å². The van der Waals surface area contributed by atoms with Crippen LogP contribution in [0.25, 0.3) is 0 Å². The fourth-order valence-electron chi connectivity index (χ4n) is 2.06. The van der Waals surface area contributed by atoms with E-state index < -0.39 is 39.6 Å². The van der Waals surface area contributed by atoms with Crippen molar-refractivity contribution in [1.29, 1.82) is 5.26 Å². The third-order valence-electron chi connectivity index (χ3n) is 4.16. The van der Waals surface area contributed by atoms with Crippen molar-refractivity contribution < 1.29 is 31.1 Å². The molecule has 1 aromatic rings. The van der Waals surface area contributed by atoms with E-state index in [-0.39, 0.29) is 20.8 Å². The number of halogens is 4. The first-order valence-corrected chi connectivity index (χ1v) is 9.71. The second-order valence-corrected chi connectivity index (χ2v) is 8.63. The molecule has 8 nitrogen and oxygen atoms in total. The van der Waals surface area contributed by atoms with E-state index in [1.807, 2.05) is 6.07 Å². The first-order valence-electron chi connectivity index (χ1n) is 7.89. The van der Waals surface area contributed by atoms with Crippen molar-refractivity contribution in [3.63, 3.8) is 0 Å². The van der Waals surface area contributed by atoms with Crippen molar-refractivity contribution in [2.45, 2.75) is 36.9 Å². The third kappa shape index (κ3) is 4.65. The van der Waals surface area contributed by atoms with Crippen LogP contribution in [0.15, 0.2) is 12.3 Å². The van der Waals surface area contributed by atoms with Crippen molar-refractivity contribution in [1.82, 2.24) is 14.6 Å². The van der Waals surface area contributed by atoms with Gasteiger partial charge in [-0.25, -0.2) is 13.4 Å². The summed E-state index contributed by atoms with van der Waals surface area (Å²) in [7, 11) is -4.72. The Kier molecular flexibility index (Phi) is 6.13. The SMILES string of the molecule is CC(COc1cnc(Cl)c(C(=O)NC2(C#N)CC2)c1)N(C)S(=O)(=O)C(F)(F)F. The topological polar surface area (TPSA) is 112 Å². The summed E-state index contributed by atoms with van der Waals surface area (Å²) in [4.78, 5) is 16.0. The highest BCUT2D eigenvalue weighted by Gasteiger charge is 2.50. The Morgan fingerprint density at radius 3 is 2.64 bits per heavy atom. The third-order valence-corrected chi connectivity index (χ3v) is 6.16. The van der Waals surface area contributed by atoms with Gasteiger partial charge in [-0.1, -0.05) is 11.6 Å². The molecular formula is C15H16ClF3N4O4S. The minimum atomic E-state index is -5.50. The average Bonchev–Trinajstić information content (AvgIpc) is 3.38. The first kappa shape index (κ1) is 22.2. The molecule has 1 saturated carbocycles. The first-order chi connectivity index (χ1) is 12.8. The molecule has 1 fully saturated rings. The highest BCUT2D eigenvalue weighted by atomic mass is 35.5. The van der Waals surface area contributed by atoms with Crippen LogP contribution in [-0.2, 0) is 10.0 Å². The zero-order chi connectivity index (χ0) is 21.3. The molecule has 13 heteroatoms. The molecule has 0 aromatic carbocycles. The number of hydrogen-bond acceptors (Lipinski definition) is 6. The monoisotopic (exact) mass is 440 g/mol. The van der Waals surface area contributed by atoms with E-state index in [0.29, 0.717) is 12.8 Å². The molecule has 2 rings (SSSR count). The van der Waals surface area contributed by atoms with E-state index in [9.17, 15) is 26.4 Å². The number of rotatable bonds is 7. The molecule has 1 aliphatic carbocycles. The van der Waals surface area contributed by atoms with Crippen molar-refractivity contribution >= 4 is 27.5 Å². The molecule has 1 amide bonds. The van der Waals surface area contributed by atoms with Crippen LogP contribution >= 0.6 is 11.6 Å². The number of sulfonamides is 1. The lowest BCUT2D eigenvalue weighted by Crippen LogP contribution is -2.45. The van der Waals surface area contributed by atoms with Crippen molar-refractivity contribution in [3.8, 4) is 11.8 Å². The maximum absolute atomic E-state index is 12.6. The maximum atomic E-state index is 12.6. The maximum Gasteiger partial charge on any atom is 0.511 e. The molecule has 0 bridgehead atoms. The van der Waals surface area contributed by atoms with E-state index in [1.165, 1.54) is 13.0 Å². The van der Waals surface area contributed by atoms with Gasteiger partial charge in [0.25, 0.3) is 5.91 Å². The minimum absolute atomic E-state index is 0.000936. The number of aromatic nitrogens is 1. The molecule has 28 heavy (non-hydrogen) atoms. The number of carbonyl (C=O) groups excluding carboxylic acids is 1. The number of ether oxygens (including phenoxy) is 1. The molecule has 1 aliphatic rings. The molecule has 1 unspecified atom stereocenters. The van der Waals surface area contributed by atoms with E-state index in [0.717, 1.165) is 13.2 Å². The Bertz CT molecular complexity index is 913. The second-order valence-electron chi connectivity index (χ2n) is 6.28. The molecule has 1 heterocycles. The highest BCUT2D eigenvalue weighted by Crippen LogP contribution is 2.35. The standard InChI is InChI=1S/C15H16ClF3N4O4S/c1-9(23(2)28(25,26)15(17,18)19)7-27-10-5-11(12(16)21-6-10)13(24)22-14(8-20)3-4-14/h5-6,9H,3-4,7H2,1-2H3,(H,22,24). The Balaban J connectivity index is 2.07. The molecular weight excluding hydrogens is 425 g/mol. The Hall–Kier alpha value is -2.10. The number of nitrogens with one attached hydrogen (secondary N) is 1. The van der Waals surface area contributed by atoms with Crippen LogP contribution in [0.1, 0.15) is 30.1 Å². The fraction of sp³-hybridized carbons (Fsp3) is 0.533. The van der Waals surface area contributed by atoms with Crippen molar-refractivity contribution in [3.05, 3.63) is 23.0 Å². The van der Waals surface area contributed by atoms with Crippen LogP contribution in [0.4, 0.5) is 13.2 Å².